The molecule has 0 radical (unpaired) electrons. The number of nitrogens with zero attached hydrogens (tertiary/aromatic N) is 1. The molecule has 1 heterocycles. The normalized spacial score (nSPS) is 18.5. The lowest BCUT2D eigenvalue weighted by molar-refractivity contribution is -0.224. The second-order valence-corrected chi connectivity index (χ2v) is 9.20. The van der Waals surface area contributed by atoms with Gasteiger partial charge in [-0.05, 0) is 66.8 Å². The summed E-state index contributed by atoms with van der Waals surface area (Å²) in [6, 6.07) is 7.00. The molecule has 0 saturated carbocycles. The van der Waals surface area contributed by atoms with Crippen LogP contribution in [0.1, 0.15) is 41.0 Å². The van der Waals surface area contributed by atoms with Crippen LogP contribution in [-0.2, 0) is 28.3 Å². The Labute approximate surface area is 211 Å². The Bertz CT molecular complexity index is 1050. The Morgan fingerprint density at radius 1 is 0.946 bits per heavy atom. The van der Waals surface area contributed by atoms with Crippen LogP contribution >= 0.6 is 11.6 Å². The second kappa shape index (κ2) is 11.1. The summed E-state index contributed by atoms with van der Waals surface area (Å²) in [7, 11) is 0. The number of likely N-dealkylation sites (tertiary alicyclic amines) is 1. The van der Waals surface area contributed by atoms with Crippen LogP contribution in [0, 0.1) is 0 Å². The number of esters is 1. The topological polar surface area (TPSA) is 29.5 Å². The molecule has 0 N–H and O–H groups in total. The molecule has 0 amide bonds. The van der Waals surface area contributed by atoms with Gasteiger partial charge in [0, 0.05) is 18.1 Å². The molecule has 2 aromatic rings. The summed E-state index contributed by atoms with van der Waals surface area (Å²) < 4.78 is 125. The average Bonchev–Trinajstić information content (AvgIpc) is 2.78. The monoisotopic (exact) mass is 561 g/mol. The maximum atomic E-state index is 13.6. The largest absolute Gasteiger partial charge is 0.451 e. The molecule has 1 fully saturated rings. The van der Waals surface area contributed by atoms with Crippen LogP contribution in [0.2, 0.25) is 5.02 Å². The van der Waals surface area contributed by atoms with Crippen molar-refractivity contribution in [3.8, 4) is 0 Å². The summed E-state index contributed by atoms with van der Waals surface area (Å²) in [4.78, 5) is 13.4. The summed E-state index contributed by atoms with van der Waals surface area (Å²) >= 11 is 5.74. The number of carbonyl (C=O) groups excluding carboxylic acids is 1. The van der Waals surface area contributed by atoms with Crippen molar-refractivity contribution in [2.24, 2.45) is 0 Å². The molecule has 2 aromatic carbocycles. The molecule has 13 heteroatoms. The van der Waals surface area contributed by atoms with Gasteiger partial charge in [-0.1, -0.05) is 23.7 Å². The standard InChI is InChI=1S/C24H21ClF9NO2/c25-19-5-3-14(4-6-19)8-21(36)37-20(24(32,33)34)13-35-7-1-2-15(12-35)16-9-17(22(26,27)28)11-18(10-16)23(29,30)31/h3-6,9-11,15,20H,1-2,7-8,12-13H2/t15-,20+/m1/s1. The number of hydrogen-bond acceptors (Lipinski definition) is 3. The van der Waals surface area contributed by atoms with Crippen molar-refractivity contribution in [3.63, 3.8) is 0 Å². The van der Waals surface area contributed by atoms with Crippen LogP contribution in [0.15, 0.2) is 42.5 Å². The average molecular weight is 562 g/mol. The minimum Gasteiger partial charge on any atom is -0.451 e. The van der Waals surface area contributed by atoms with Gasteiger partial charge in [-0.25, -0.2) is 0 Å². The van der Waals surface area contributed by atoms with Crippen molar-refractivity contribution < 1.29 is 49.0 Å². The Kier molecular flexibility index (Phi) is 8.73. The lowest BCUT2D eigenvalue weighted by atomic mass is 9.88. The predicted octanol–water partition coefficient (Wildman–Crippen LogP) is 7.27. The molecule has 3 nitrogen and oxygen atoms in total. The molecule has 204 valence electrons. The Morgan fingerprint density at radius 2 is 1.51 bits per heavy atom. The van der Waals surface area contributed by atoms with Crippen molar-refractivity contribution in [3.05, 3.63) is 69.7 Å². The number of hydrogen-bond donors (Lipinski definition) is 0. The maximum absolute atomic E-state index is 13.6. The highest BCUT2D eigenvalue weighted by Gasteiger charge is 2.44. The van der Waals surface area contributed by atoms with Crippen LogP contribution in [0.25, 0.3) is 0 Å². The molecular formula is C24H21ClF9NO2. The third kappa shape index (κ3) is 8.26. The molecule has 1 saturated heterocycles. The minimum atomic E-state index is -5.04. The first kappa shape index (κ1) is 29.1. The third-order valence-corrected chi connectivity index (χ3v) is 6.16. The highest BCUT2D eigenvalue weighted by molar-refractivity contribution is 6.30. The van der Waals surface area contributed by atoms with E-state index in [1.807, 2.05) is 0 Å². The van der Waals surface area contributed by atoms with E-state index < -0.39 is 60.6 Å². The fourth-order valence-corrected chi connectivity index (χ4v) is 4.25. The lowest BCUT2D eigenvalue weighted by Gasteiger charge is -2.35. The SMILES string of the molecule is O=C(Cc1ccc(Cl)cc1)O[C@@H](CN1CCC[C@@H](c2cc(C(F)(F)F)cc(C(F)(F)F)c2)C1)C(F)(F)F. The highest BCUT2D eigenvalue weighted by atomic mass is 35.5. The van der Waals surface area contributed by atoms with Crippen LogP contribution in [0.3, 0.4) is 0 Å². The molecule has 1 aliphatic rings. The Morgan fingerprint density at radius 3 is 2.03 bits per heavy atom. The van der Waals surface area contributed by atoms with Crippen molar-refractivity contribution >= 4 is 17.6 Å². The number of benzene rings is 2. The van der Waals surface area contributed by atoms with E-state index in [9.17, 15) is 44.3 Å². The molecule has 0 spiro atoms. The zero-order chi connectivity index (χ0) is 27.6. The van der Waals surface area contributed by atoms with E-state index in [0.29, 0.717) is 22.7 Å². The van der Waals surface area contributed by atoms with Gasteiger partial charge in [0.1, 0.15) is 0 Å². The van der Waals surface area contributed by atoms with Crippen LogP contribution < -0.4 is 0 Å². The van der Waals surface area contributed by atoms with E-state index >= 15 is 0 Å². The van der Waals surface area contributed by atoms with E-state index in [1.54, 1.807) is 0 Å². The van der Waals surface area contributed by atoms with Gasteiger partial charge in [0.25, 0.3) is 0 Å². The summed E-state index contributed by atoms with van der Waals surface area (Å²) in [6.45, 7) is -0.944. The number of alkyl halides is 9. The van der Waals surface area contributed by atoms with E-state index in [2.05, 4.69) is 4.74 Å². The molecule has 37 heavy (non-hydrogen) atoms. The fraction of sp³-hybridized carbons (Fsp3) is 0.458. The van der Waals surface area contributed by atoms with Gasteiger partial charge < -0.3 is 4.74 Å². The lowest BCUT2D eigenvalue weighted by Crippen LogP contribution is -2.47. The number of carbonyl (C=O) groups is 1. The molecule has 0 aliphatic carbocycles. The number of ether oxygens (including phenoxy) is 1. The van der Waals surface area contributed by atoms with Gasteiger partial charge in [-0.15, -0.1) is 0 Å². The minimum absolute atomic E-state index is 0.00388. The first-order valence-corrected chi connectivity index (χ1v) is 11.4. The number of piperidine rings is 1. The summed E-state index contributed by atoms with van der Waals surface area (Å²) in [5, 5.41) is 0.369. The van der Waals surface area contributed by atoms with Gasteiger partial charge >= 0.3 is 24.5 Å². The Balaban J connectivity index is 1.75. The molecule has 1 aliphatic heterocycles. The van der Waals surface area contributed by atoms with Crippen molar-refractivity contribution in [2.45, 2.75) is 49.8 Å². The third-order valence-electron chi connectivity index (χ3n) is 5.91. The van der Waals surface area contributed by atoms with Gasteiger partial charge in [0.2, 0.25) is 6.10 Å². The second-order valence-electron chi connectivity index (χ2n) is 8.76. The first-order chi connectivity index (χ1) is 17.0. The Hall–Kier alpha value is -2.47. The highest BCUT2D eigenvalue weighted by Crippen LogP contribution is 2.39. The first-order valence-electron chi connectivity index (χ1n) is 11.0. The zero-order valence-corrected chi connectivity index (χ0v) is 19.7. The summed E-state index contributed by atoms with van der Waals surface area (Å²) in [5.74, 6) is -2.03. The quantitative estimate of drug-likeness (QED) is 0.274. The van der Waals surface area contributed by atoms with Gasteiger partial charge in [0.05, 0.1) is 17.5 Å². The van der Waals surface area contributed by atoms with E-state index in [-0.39, 0.29) is 37.6 Å². The molecule has 2 atom stereocenters. The van der Waals surface area contributed by atoms with Crippen LogP contribution in [0.4, 0.5) is 39.5 Å². The number of halogens is 10. The molecule has 3 rings (SSSR count). The van der Waals surface area contributed by atoms with E-state index in [1.165, 1.54) is 29.2 Å². The van der Waals surface area contributed by atoms with Gasteiger partial charge in [0.15, 0.2) is 0 Å². The van der Waals surface area contributed by atoms with E-state index in [0.717, 1.165) is 0 Å². The smallest absolute Gasteiger partial charge is 0.426 e. The molecule has 0 aromatic heterocycles. The molecule has 0 unspecified atom stereocenters. The summed E-state index contributed by atoms with van der Waals surface area (Å²) in [5.41, 5.74) is -2.87. The van der Waals surface area contributed by atoms with Crippen LogP contribution in [-0.4, -0.2) is 42.8 Å². The fourth-order valence-electron chi connectivity index (χ4n) is 4.12. The number of rotatable bonds is 6. The molecule has 0 bridgehead atoms. The van der Waals surface area contributed by atoms with Crippen molar-refractivity contribution in [2.75, 3.05) is 19.6 Å². The van der Waals surface area contributed by atoms with E-state index in [4.69, 9.17) is 11.6 Å². The van der Waals surface area contributed by atoms with Crippen molar-refractivity contribution in [1.29, 1.82) is 0 Å². The zero-order valence-electron chi connectivity index (χ0n) is 19.0. The maximum Gasteiger partial charge on any atom is 0.426 e. The molecular weight excluding hydrogens is 541 g/mol. The van der Waals surface area contributed by atoms with Gasteiger partial charge in [-0.3, -0.25) is 9.69 Å². The predicted molar refractivity (Wildman–Crippen MR) is 116 cm³/mol. The van der Waals surface area contributed by atoms with Crippen LogP contribution in [0.5, 0.6) is 0 Å². The summed E-state index contributed by atoms with van der Waals surface area (Å²) in [6.07, 6.45) is -17.6. The van der Waals surface area contributed by atoms with Gasteiger partial charge in [-0.2, -0.15) is 39.5 Å². The van der Waals surface area contributed by atoms with Crippen molar-refractivity contribution in [1.82, 2.24) is 4.90 Å².